The predicted octanol–water partition coefficient (Wildman–Crippen LogP) is 3.99. The quantitative estimate of drug-likeness (QED) is 0.375. The van der Waals surface area contributed by atoms with Gasteiger partial charge >= 0.3 is 0 Å². The number of rotatable bonds is 6. The fourth-order valence-corrected chi connectivity index (χ4v) is 4.14. The summed E-state index contributed by atoms with van der Waals surface area (Å²) in [5.41, 5.74) is 3.06. The van der Waals surface area contributed by atoms with Crippen molar-refractivity contribution in [2.45, 2.75) is 13.0 Å². The maximum Gasteiger partial charge on any atom is 0.255 e. The molecule has 0 radical (unpaired) electrons. The monoisotopic (exact) mass is 484 g/mol. The zero-order chi connectivity index (χ0) is 25.2. The number of phenolic OH excluding ortho intramolecular Hbond substituents is 1. The Morgan fingerprint density at radius 1 is 1.11 bits per heavy atom. The van der Waals surface area contributed by atoms with Crippen molar-refractivity contribution in [3.8, 4) is 28.6 Å². The number of nitrogens with one attached hydrogen (secondary N) is 2. The number of nitrogens with zero attached hydrogens (tertiary/aromatic N) is 4. The normalized spacial score (nSPS) is 14.6. The highest BCUT2D eigenvalue weighted by Crippen LogP contribution is 2.41. The number of ether oxygens (including phenoxy) is 2. The van der Waals surface area contributed by atoms with Crippen molar-refractivity contribution >= 4 is 17.5 Å². The van der Waals surface area contributed by atoms with Crippen LogP contribution in [0.4, 0.5) is 11.6 Å². The molecule has 36 heavy (non-hydrogen) atoms. The van der Waals surface area contributed by atoms with Gasteiger partial charge in [-0.2, -0.15) is 4.98 Å². The van der Waals surface area contributed by atoms with Crippen LogP contribution in [0.5, 0.6) is 17.2 Å². The second-order valence-electron chi connectivity index (χ2n) is 8.12. The molecule has 1 amide bonds. The number of hydrogen-bond acceptors (Lipinski definition) is 8. The van der Waals surface area contributed by atoms with Gasteiger partial charge in [-0.15, -0.1) is 5.10 Å². The number of phenols is 1. The van der Waals surface area contributed by atoms with E-state index >= 15 is 0 Å². The standard InChI is InChI=1S/C26H24N6O4/c1-15-22(25(34)29-17-5-4-12-27-14-17)23(20-11-10-19(35-2)13-21(20)36-3)32-26(28-15)30-24(31-32)16-6-8-18(33)9-7-16/h4-14,23,33H,1-3H3,(H,29,34)(H,28,30,31). The van der Waals surface area contributed by atoms with Crippen LogP contribution in [-0.4, -0.2) is 45.0 Å². The number of amides is 1. The Hall–Kier alpha value is -4.86. The highest BCUT2D eigenvalue weighted by molar-refractivity contribution is 6.06. The van der Waals surface area contributed by atoms with Crippen LogP contribution in [0.25, 0.3) is 11.4 Å². The number of hydrogen-bond donors (Lipinski definition) is 3. The minimum atomic E-state index is -0.655. The molecule has 1 unspecified atom stereocenters. The number of benzene rings is 2. The van der Waals surface area contributed by atoms with Crippen LogP contribution in [0, 0.1) is 0 Å². The molecule has 3 N–H and O–H groups in total. The fraction of sp³-hybridized carbons (Fsp3) is 0.154. The van der Waals surface area contributed by atoms with Crippen LogP contribution in [-0.2, 0) is 4.79 Å². The van der Waals surface area contributed by atoms with Gasteiger partial charge in [-0.3, -0.25) is 9.78 Å². The molecule has 10 nitrogen and oxygen atoms in total. The Kier molecular flexibility index (Phi) is 5.99. The van der Waals surface area contributed by atoms with Crippen LogP contribution < -0.4 is 20.1 Å². The number of carbonyl (C=O) groups is 1. The SMILES string of the molecule is COc1ccc(C2C(C(=O)Nc3cccnc3)=C(C)Nc3nc(-c4ccc(O)cc4)nn32)c(OC)c1. The largest absolute Gasteiger partial charge is 0.508 e. The Bertz CT molecular complexity index is 1450. The predicted molar refractivity (Wildman–Crippen MR) is 134 cm³/mol. The minimum Gasteiger partial charge on any atom is -0.508 e. The van der Waals surface area contributed by atoms with Gasteiger partial charge in [0.25, 0.3) is 5.91 Å². The van der Waals surface area contributed by atoms with Crippen molar-refractivity contribution in [1.82, 2.24) is 19.7 Å². The van der Waals surface area contributed by atoms with Crippen LogP contribution in [0.2, 0.25) is 0 Å². The average molecular weight is 485 g/mol. The van der Waals surface area contributed by atoms with Crippen LogP contribution in [0.3, 0.4) is 0 Å². The number of anilines is 2. The summed E-state index contributed by atoms with van der Waals surface area (Å²) in [6.07, 6.45) is 3.22. The summed E-state index contributed by atoms with van der Waals surface area (Å²) in [5, 5.41) is 20.6. The Balaban J connectivity index is 1.65. The highest BCUT2D eigenvalue weighted by Gasteiger charge is 2.36. The molecule has 0 saturated heterocycles. The Labute approximate surface area is 207 Å². The van der Waals surface area contributed by atoms with Crippen molar-refractivity contribution in [2.24, 2.45) is 0 Å². The van der Waals surface area contributed by atoms with E-state index in [1.807, 2.05) is 19.1 Å². The molecular formula is C26H24N6O4. The number of pyridine rings is 1. The summed E-state index contributed by atoms with van der Waals surface area (Å²) in [7, 11) is 3.14. The third-order valence-electron chi connectivity index (χ3n) is 5.88. The molecule has 5 rings (SSSR count). The lowest BCUT2D eigenvalue weighted by atomic mass is 9.94. The van der Waals surface area contributed by atoms with E-state index in [1.165, 1.54) is 0 Å². The summed E-state index contributed by atoms with van der Waals surface area (Å²) in [6, 6.07) is 14.9. The third kappa shape index (κ3) is 4.20. The molecule has 1 atom stereocenters. The second kappa shape index (κ2) is 9.41. The molecule has 2 aromatic heterocycles. The van der Waals surface area contributed by atoms with E-state index in [4.69, 9.17) is 14.6 Å². The highest BCUT2D eigenvalue weighted by atomic mass is 16.5. The van der Waals surface area contributed by atoms with Gasteiger partial charge in [0.15, 0.2) is 5.82 Å². The van der Waals surface area contributed by atoms with E-state index in [9.17, 15) is 9.90 Å². The number of fused-ring (bicyclic) bond motifs is 1. The first-order chi connectivity index (χ1) is 17.5. The smallest absolute Gasteiger partial charge is 0.255 e. The number of allylic oxidation sites excluding steroid dienone is 1. The first-order valence-electron chi connectivity index (χ1n) is 11.2. The molecule has 0 saturated carbocycles. The molecule has 0 fully saturated rings. The zero-order valence-corrected chi connectivity index (χ0v) is 19.9. The summed E-state index contributed by atoms with van der Waals surface area (Å²) in [5.74, 6) is 1.90. The molecule has 2 aromatic carbocycles. The lowest BCUT2D eigenvalue weighted by Crippen LogP contribution is -2.31. The molecule has 3 heterocycles. The lowest BCUT2D eigenvalue weighted by Gasteiger charge is -2.29. The summed E-state index contributed by atoms with van der Waals surface area (Å²) in [6.45, 7) is 1.82. The topological polar surface area (TPSA) is 123 Å². The minimum absolute atomic E-state index is 0.147. The van der Waals surface area contributed by atoms with E-state index in [0.29, 0.717) is 45.8 Å². The van der Waals surface area contributed by atoms with E-state index in [1.54, 1.807) is 73.8 Å². The van der Waals surface area contributed by atoms with Crippen molar-refractivity contribution in [3.05, 3.63) is 83.8 Å². The van der Waals surface area contributed by atoms with E-state index in [0.717, 1.165) is 5.56 Å². The number of aromatic nitrogens is 4. The van der Waals surface area contributed by atoms with Gasteiger partial charge in [-0.1, -0.05) is 0 Å². The van der Waals surface area contributed by atoms with Crippen molar-refractivity contribution in [2.75, 3.05) is 24.9 Å². The van der Waals surface area contributed by atoms with Gasteiger partial charge in [0.2, 0.25) is 5.95 Å². The summed E-state index contributed by atoms with van der Waals surface area (Å²) in [4.78, 5) is 22.4. The number of carbonyl (C=O) groups excluding carboxylic acids is 1. The van der Waals surface area contributed by atoms with E-state index in [-0.39, 0.29) is 11.7 Å². The van der Waals surface area contributed by atoms with Gasteiger partial charge in [0.05, 0.1) is 31.7 Å². The van der Waals surface area contributed by atoms with E-state index in [2.05, 4.69) is 20.6 Å². The molecule has 1 aliphatic heterocycles. The fourth-order valence-electron chi connectivity index (χ4n) is 4.14. The molecule has 182 valence electrons. The molecule has 4 aromatic rings. The molecule has 0 spiro atoms. The molecule has 10 heteroatoms. The molecule has 1 aliphatic rings. The van der Waals surface area contributed by atoms with Crippen molar-refractivity contribution in [1.29, 1.82) is 0 Å². The average Bonchev–Trinajstić information content (AvgIpc) is 3.32. The number of aromatic hydroxyl groups is 1. The Morgan fingerprint density at radius 3 is 2.61 bits per heavy atom. The summed E-state index contributed by atoms with van der Waals surface area (Å²) >= 11 is 0. The summed E-state index contributed by atoms with van der Waals surface area (Å²) < 4.78 is 12.7. The molecule has 0 bridgehead atoms. The van der Waals surface area contributed by atoms with Crippen molar-refractivity contribution < 1.29 is 19.4 Å². The van der Waals surface area contributed by atoms with Gasteiger partial charge in [0, 0.05) is 29.1 Å². The number of methoxy groups -OCH3 is 2. The van der Waals surface area contributed by atoms with Gasteiger partial charge in [-0.05, 0) is 55.5 Å². The van der Waals surface area contributed by atoms with Gasteiger partial charge in [0.1, 0.15) is 23.3 Å². The first-order valence-corrected chi connectivity index (χ1v) is 11.2. The molecular weight excluding hydrogens is 460 g/mol. The maximum absolute atomic E-state index is 13.6. The van der Waals surface area contributed by atoms with E-state index < -0.39 is 6.04 Å². The van der Waals surface area contributed by atoms with Crippen LogP contribution >= 0.6 is 0 Å². The lowest BCUT2D eigenvalue weighted by molar-refractivity contribution is -0.113. The first kappa shape index (κ1) is 22.9. The van der Waals surface area contributed by atoms with Crippen molar-refractivity contribution in [3.63, 3.8) is 0 Å². The van der Waals surface area contributed by atoms with Gasteiger partial charge < -0.3 is 25.2 Å². The zero-order valence-electron chi connectivity index (χ0n) is 19.9. The van der Waals surface area contributed by atoms with Crippen LogP contribution in [0.15, 0.2) is 78.3 Å². The molecule has 0 aliphatic carbocycles. The third-order valence-corrected chi connectivity index (χ3v) is 5.88. The van der Waals surface area contributed by atoms with Crippen LogP contribution in [0.1, 0.15) is 18.5 Å². The maximum atomic E-state index is 13.6. The second-order valence-corrected chi connectivity index (χ2v) is 8.12. The van der Waals surface area contributed by atoms with Gasteiger partial charge in [-0.25, -0.2) is 4.68 Å². The Morgan fingerprint density at radius 2 is 1.92 bits per heavy atom.